The minimum atomic E-state index is -0.549. The van der Waals surface area contributed by atoms with E-state index in [4.69, 9.17) is 4.74 Å². The van der Waals surface area contributed by atoms with Crippen LogP contribution in [0.5, 0.6) is 0 Å². The average molecular weight is 198 g/mol. The maximum absolute atomic E-state index is 10.6. The van der Waals surface area contributed by atoms with Crippen molar-refractivity contribution in [2.45, 2.75) is 76.1 Å². The van der Waals surface area contributed by atoms with Crippen LogP contribution in [0.1, 0.15) is 58.8 Å². The van der Waals surface area contributed by atoms with Crippen molar-refractivity contribution in [3.8, 4) is 0 Å². The number of rotatable bonds is 1. The summed E-state index contributed by atoms with van der Waals surface area (Å²) >= 11 is 0. The molecule has 0 aromatic carbocycles. The van der Waals surface area contributed by atoms with Crippen LogP contribution >= 0.6 is 0 Å². The normalized spacial score (nSPS) is 42.6. The number of epoxide rings is 1. The first-order chi connectivity index (χ1) is 6.58. The van der Waals surface area contributed by atoms with Crippen molar-refractivity contribution in [3.63, 3.8) is 0 Å². The van der Waals surface area contributed by atoms with Crippen molar-refractivity contribution in [3.05, 3.63) is 0 Å². The lowest BCUT2D eigenvalue weighted by atomic mass is 9.77. The third-order valence-electron chi connectivity index (χ3n) is 4.24. The van der Waals surface area contributed by atoms with Gasteiger partial charge in [0.1, 0.15) is 5.60 Å². The summed E-state index contributed by atoms with van der Waals surface area (Å²) in [4.78, 5) is 0. The maximum atomic E-state index is 10.6. The maximum Gasteiger partial charge on any atom is 0.120 e. The SMILES string of the molecule is C[C@H]1O[C@]1(C)C1(O)CCCCCCC1. The molecule has 0 bridgehead atoms. The molecule has 2 nitrogen and oxygen atoms in total. The van der Waals surface area contributed by atoms with Crippen LogP contribution < -0.4 is 0 Å². The van der Waals surface area contributed by atoms with Gasteiger partial charge in [0, 0.05) is 0 Å². The van der Waals surface area contributed by atoms with Gasteiger partial charge >= 0.3 is 0 Å². The fraction of sp³-hybridized carbons (Fsp3) is 1.00. The highest BCUT2D eigenvalue weighted by molar-refractivity contribution is 5.11. The Hall–Kier alpha value is -0.0800. The van der Waals surface area contributed by atoms with Gasteiger partial charge in [-0.1, -0.05) is 32.1 Å². The molecule has 2 atom stereocenters. The monoisotopic (exact) mass is 198 g/mol. The Morgan fingerprint density at radius 2 is 1.50 bits per heavy atom. The van der Waals surface area contributed by atoms with E-state index >= 15 is 0 Å². The van der Waals surface area contributed by atoms with Gasteiger partial charge in [0.05, 0.1) is 11.7 Å². The van der Waals surface area contributed by atoms with Gasteiger partial charge < -0.3 is 9.84 Å². The summed E-state index contributed by atoms with van der Waals surface area (Å²) < 4.78 is 5.59. The van der Waals surface area contributed by atoms with Crippen LogP contribution in [-0.4, -0.2) is 22.4 Å². The first-order valence-corrected chi connectivity index (χ1v) is 5.99. The first-order valence-electron chi connectivity index (χ1n) is 5.99. The zero-order valence-electron chi connectivity index (χ0n) is 9.38. The van der Waals surface area contributed by atoms with Crippen LogP contribution in [0.2, 0.25) is 0 Å². The van der Waals surface area contributed by atoms with E-state index in [0.29, 0.717) is 0 Å². The summed E-state index contributed by atoms with van der Waals surface area (Å²) in [5.74, 6) is 0. The van der Waals surface area contributed by atoms with Crippen LogP contribution in [0.3, 0.4) is 0 Å². The largest absolute Gasteiger partial charge is 0.387 e. The highest BCUT2D eigenvalue weighted by Crippen LogP contribution is 2.49. The smallest absolute Gasteiger partial charge is 0.120 e. The highest BCUT2D eigenvalue weighted by atomic mass is 16.6. The predicted octanol–water partition coefficient (Wildman–Crippen LogP) is 2.64. The molecule has 1 aliphatic carbocycles. The van der Waals surface area contributed by atoms with Crippen molar-refractivity contribution >= 4 is 0 Å². The van der Waals surface area contributed by atoms with Gasteiger partial charge in [-0.25, -0.2) is 0 Å². The fourth-order valence-electron chi connectivity index (χ4n) is 2.81. The van der Waals surface area contributed by atoms with Gasteiger partial charge in [0.2, 0.25) is 0 Å². The van der Waals surface area contributed by atoms with Crippen molar-refractivity contribution < 1.29 is 9.84 Å². The Balaban J connectivity index is 2.04. The van der Waals surface area contributed by atoms with Gasteiger partial charge in [-0.05, 0) is 26.7 Å². The molecule has 0 radical (unpaired) electrons. The second-order valence-corrected chi connectivity index (χ2v) is 5.17. The Morgan fingerprint density at radius 3 is 1.93 bits per heavy atom. The van der Waals surface area contributed by atoms with E-state index in [1.807, 2.05) is 0 Å². The minimum Gasteiger partial charge on any atom is -0.387 e. The van der Waals surface area contributed by atoms with Gasteiger partial charge in [-0.2, -0.15) is 0 Å². The molecule has 1 heterocycles. The lowest BCUT2D eigenvalue weighted by Crippen LogP contribution is -2.45. The average Bonchev–Trinajstić information content (AvgIpc) is 2.70. The van der Waals surface area contributed by atoms with E-state index in [-0.39, 0.29) is 11.7 Å². The molecule has 1 aliphatic heterocycles. The molecule has 0 spiro atoms. The summed E-state index contributed by atoms with van der Waals surface area (Å²) in [5.41, 5.74) is -0.794. The van der Waals surface area contributed by atoms with E-state index < -0.39 is 5.60 Å². The first kappa shape index (κ1) is 10.4. The molecule has 1 N–H and O–H groups in total. The summed E-state index contributed by atoms with van der Waals surface area (Å²) in [7, 11) is 0. The molecule has 1 saturated heterocycles. The van der Waals surface area contributed by atoms with E-state index in [2.05, 4.69) is 13.8 Å². The lowest BCUT2D eigenvalue weighted by Gasteiger charge is -2.34. The summed E-state index contributed by atoms with van der Waals surface area (Å²) in [6, 6.07) is 0. The van der Waals surface area contributed by atoms with Crippen LogP contribution in [0.4, 0.5) is 0 Å². The zero-order chi connectivity index (χ0) is 10.2. The fourth-order valence-corrected chi connectivity index (χ4v) is 2.81. The Bertz CT molecular complexity index is 206. The summed E-state index contributed by atoms with van der Waals surface area (Å²) in [6.45, 7) is 4.13. The second-order valence-electron chi connectivity index (χ2n) is 5.17. The van der Waals surface area contributed by atoms with Crippen molar-refractivity contribution in [2.75, 3.05) is 0 Å². The third-order valence-corrected chi connectivity index (χ3v) is 4.24. The molecule has 0 unspecified atom stereocenters. The molecule has 0 amide bonds. The van der Waals surface area contributed by atoms with Crippen LogP contribution in [0.15, 0.2) is 0 Å². The Kier molecular flexibility index (Phi) is 2.61. The van der Waals surface area contributed by atoms with Crippen molar-refractivity contribution in [1.82, 2.24) is 0 Å². The van der Waals surface area contributed by atoms with Gasteiger partial charge in [-0.15, -0.1) is 0 Å². The summed E-state index contributed by atoms with van der Waals surface area (Å²) in [6.07, 6.45) is 8.28. The molecule has 2 aliphatic rings. The van der Waals surface area contributed by atoms with Gasteiger partial charge in [-0.3, -0.25) is 0 Å². The Labute approximate surface area is 86.6 Å². The van der Waals surface area contributed by atoms with Crippen LogP contribution in [0, 0.1) is 0 Å². The van der Waals surface area contributed by atoms with E-state index in [1.165, 1.54) is 19.3 Å². The van der Waals surface area contributed by atoms with E-state index in [1.54, 1.807) is 0 Å². The topological polar surface area (TPSA) is 32.8 Å². The molecule has 2 heteroatoms. The Morgan fingerprint density at radius 1 is 1.07 bits per heavy atom. The minimum absolute atomic E-state index is 0.243. The molecule has 2 rings (SSSR count). The molecule has 14 heavy (non-hydrogen) atoms. The number of hydrogen-bond acceptors (Lipinski definition) is 2. The standard InChI is InChI=1S/C12H22O2/c1-10-11(2,14-10)12(13)8-6-4-3-5-7-9-12/h10,13H,3-9H2,1-2H3/t10-,11+/m1/s1. The van der Waals surface area contributed by atoms with Crippen molar-refractivity contribution in [2.24, 2.45) is 0 Å². The van der Waals surface area contributed by atoms with Crippen LogP contribution in [0.25, 0.3) is 0 Å². The molecule has 0 aromatic heterocycles. The quantitative estimate of drug-likeness (QED) is 0.657. The molecule has 2 fully saturated rings. The number of hydrogen-bond donors (Lipinski definition) is 1. The highest BCUT2D eigenvalue weighted by Gasteiger charge is 2.62. The number of ether oxygens (including phenoxy) is 1. The van der Waals surface area contributed by atoms with Gasteiger partial charge in [0.15, 0.2) is 0 Å². The summed E-state index contributed by atoms with van der Waals surface area (Å²) in [5, 5.41) is 10.6. The lowest BCUT2D eigenvalue weighted by molar-refractivity contribution is -0.0506. The molecular formula is C12H22O2. The molecule has 0 aromatic rings. The van der Waals surface area contributed by atoms with E-state index in [0.717, 1.165) is 25.7 Å². The van der Waals surface area contributed by atoms with E-state index in [9.17, 15) is 5.11 Å². The predicted molar refractivity (Wildman–Crippen MR) is 56.2 cm³/mol. The molecule has 82 valence electrons. The zero-order valence-corrected chi connectivity index (χ0v) is 9.38. The molecular weight excluding hydrogens is 176 g/mol. The number of aliphatic hydroxyl groups is 1. The van der Waals surface area contributed by atoms with Crippen molar-refractivity contribution in [1.29, 1.82) is 0 Å². The molecule has 1 saturated carbocycles. The third kappa shape index (κ3) is 1.59. The van der Waals surface area contributed by atoms with Crippen LogP contribution in [-0.2, 0) is 4.74 Å². The van der Waals surface area contributed by atoms with Gasteiger partial charge in [0.25, 0.3) is 0 Å². The second kappa shape index (κ2) is 3.49.